The lowest BCUT2D eigenvalue weighted by Gasteiger charge is -2.23. The summed E-state index contributed by atoms with van der Waals surface area (Å²) >= 11 is 1.33. The summed E-state index contributed by atoms with van der Waals surface area (Å²) in [5.41, 5.74) is 6.34. The molecule has 1 atom stereocenters. The van der Waals surface area contributed by atoms with Gasteiger partial charge in [-0.2, -0.15) is 0 Å². The number of carbonyl (C=O) groups is 2. The van der Waals surface area contributed by atoms with E-state index in [4.69, 9.17) is 10.5 Å². The maximum Gasteiger partial charge on any atom is 0.230 e. The lowest BCUT2D eigenvalue weighted by atomic mass is 9.96. The van der Waals surface area contributed by atoms with Crippen LogP contribution in [0.1, 0.15) is 56.5 Å². The predicted molar refractivity (Wildman–Crippen MR) is 115 cm³/mol. The average Bonchev–Trinajstić information content (AvgIpc) is 3.49. The van der Waals surface area contributed by atoms with Gasteiger partial charge in [0, 0.05) is 18.9 Å². The van der Waals surface area contributed by atoms with Gasteiger partial charge in [0.2, 0.25) is 11.8 Å². The molecule has 30 heavy (non-hydrogen) atoms. The van der Waals surface area contributed by atoms with Crippen LogP contribution in [0.4, 0.5) is 0 Å². The Morgan fingerprint density at radius 2 is 1.97 bits per heavy atom. The van der Waals surface area contributed by atoms with Crippen LogP contribution in [0.15, 0.2) is 29.4 Å². The Hall–Kier alpha value is -2.55. The van der Waals surface area contributed by atoms with Crippen molar-refractivity contribution < 1.29 is 14.3 Å². The third kappa shape index (κ3) is 5.75. The van der Waals surface area contributed by atoms with Crippen molar-refractivity contribution in [2.45, 2.75) is 56.8 Å². The second-order valence-corrected chi connectivity index (χ2v) is 8.78. The van der Waals surface area contributed by atoms with Crippen molar-refractivity contribution in [1.29, 1.82) is 0 Å². The minimum atomic E-state index is -0.363. The summed E-state index contributed by atoms with van der Waals surface area (Å²) in [6.45, 7) is 4.59. The molecule has 1 aromatic heterocycles. The van der Waals surface area contributed by atoms with Crippen molar-refractivity contribution in [2.75, 3.05) is 12.9 Å². The van der Waals surface area contributed by atoms with Crippen molar-refractivity contribution in [2.24, 2.45) is 11.7 Å². The van der Waals surface area contributed by atoms with Gasteiger partial charge in [-0.15, -0.1) is 10.2 Å². The Morgan fingerprint density at radius 1 is 1.27 bits per heavy atom. The molecule has 2 aromatic rings. The van der Waals surface area contributed by atoms with Crippen LogP contribution in [0, 0.1) is 5.92 Å². The molecular weight excluding hydrogens is 402 g/mol. The average molecular weight is 432 g/mol. The third-order valence-corrected chi connectivity index (χ3v) is 6.03. The molecule has 2 amide bonds. The molecule has 1 heterocycles. The van der Waals surface area contributed by atoms with Gasteiger partial charge in [-0.25, -0.2) is 0 Å². The van der Waals surface area contributed by atoms with Crippen molar-refractivity contribution in [3.63, 3.8) is 0 Å². The van der Waals surface area contributed by atoms with Crippen LogP contribution < -0.4 is 15.8 Å². The van der Waals surface area contributed by atoms with E-state index in [1.165, 1.54) is 11.8 Å². The van der Waals surface area contributed by atoms with Gasteiger partial charge >= 0.3 is 0 Å². The van der Waals surface area contributed by atoms with E-state index in [-0.39, 0.29) is 35.9 Å². The number of thioether (sulfide) groups is 1. The summed E-state index contributed by atoms with van der Waals surface area (Å²) in [5, 5.41) is 12.3. The summed E-state index contributed by atoms with van der Waals surface area (Å²) in [4.78, 5) is 23.9. The van der Waals surface area contributed by atoms with E-state index in [1.807, 2.05) is 28.8 Å². The number of rotatable bonds is 11. The fourth-order valence-corrected chi connectivity index (χ4v) is 4.06. The van der Waals surface area contributed by atoms with E-state index in [2.05, 4.69) is 29.4 Å². The van der Waals surface area contributed by atoms with Crippen LogP contribution in [0.2, 0.25) is 0 Å². The standard InChI is InChI=1S/C21H29N5O3S/c1-13(2)19(14-6-8-16(29-3)9-7-14)23-18(28)12-30-21-25-24-20(15-4-5-15)26(21)11-10-17(22)27/h6-9,13,15,19H,4-5,10-12H2,1-3H3,(H2,22,27)(H,23,28). The van der Waals surface area contributed by atoms with Gasteiger partial charge in [0.25, 0.3) is 0 Å². The maximum absolute atomic E-state index is 12.7. The van der Waals surface area contributed by atoms with E-state index in [9.17, 15) is 9.59 Å². The summed E-state index contributed by atoms with van der Waals surface area (Å²) in [7, 11) is 1.63. The van der Waals surface area contributed by atoms with Crippen LogP contribution in [-0.2, 0) is 16.1 Å². The lowest BCUT2D eigenvalue weighted by Crippen LogP contribution is -2.33. The second kappa shape index (κ2) is 9.97. The number of hydrogen-bond acceptors (Lipinski definition) is 6. The van der Waals surface area contributed by atoms with Crippen LogP contribution in [0.5, 0.6) is 5.75 Å². The van der Waals surface area contributed by atoms with Crippen molar-refractivity contribution in [3.8, 4) is 5.75 Å². The first-order chi connectivity index (χ1) is 14.4. The zero-order chi connectivity index (χ0) is 21.7. The van der Waals surface area contributed by atoms with Gasteiger partial charge in [-0.3, -0.25) is 9.59 Å². The number of benzene rings is 1. The highest BCUT2D eigenvalue weighted by molar-refractivity contribution is 7.99. The van der Waals surface area contributed by atoms with Gasteiger partial charge in [-0.1, -0.05) is 37.7 Å². The minimum Gasteiger partial charge on any atom is -0.497 e. The molecule has 3 N–H and O–H groups in total. The normalized spacial score (nSPS) is 14.5. The molecule has 0 spiro atoms. The van der Waals surface area contributed by atoms with E-state index >= 15 is 0 Å². The number of hydrogen-bond donors (Lipinski definition) is 2. The van der Waals surface area contributed by atoms with Crippen LogP contribution in [-0.4, -0.2) is 39.4 Å². The first kappa shape index (κ1) is 22.1. The van der Waals surface area contributed by atoms with Gasteiger partial charge in [0.05, 0.1) is 18.9 Å². The second-order valence-electron chi connectivity index (χ2n) is 7.83. The van der Waals surface area contributed by atoms with Crippen LogP contribution in [0.25, 0.3) is 0 Å². The summed E-state index contributed by atoms with van der Waals surface area (Å²) in [6, 6.07) is 7.63. The predicted octanol–water partition coefficient (Wildman–Crippen LogP) is 2.65. The highest BCUT2D eigenvalue weighted by Gasteiger charge is 2.30. The number of primary amides is 1. The summed E-state index contributed by atoms with van der Waals surface area (Å²) in [5.74, 6) is 2.08. The molecule has 0 bridgehead atoms. The number of amides is 2. The number of nitrogens with two attached hydrogens (primary N) is 1. The molecule has 1 fully saturated rings. The van der Waals surface area contributed by atoms with E-state index in [0.717, 1.165) is 30.0 Å². The van der Waals surface area contributed by atoms with Crippen molar-refractivity contribution in [1.82, 2.24) is 20.1 Å². The van der Waals surface area contributed by atoms with Gasteiger partial charge in [0.15, 0.2) is 5.16 Å². The summed E-state index contributed by atoms with van der Waals surface area (Å²) < 4.78 is 7.15. The van der Waals surface area contributed by atoms with E-state index in [0.29, 0.717) is 17.6 Å². The molecule has 0 saturated heterocycles. The SMILES string of the molecule is COc1ccc(C(NC(=O)CSc2nnc(C3CC3)n2CCC(N)=O)C(C)C)cc1. The van der Waals surface area contributed by atoms with Gasteiger partial charge in [-0.05, 0) is 36.5 Å². The van der Waals surface area contributed by atoms with Gasteiger partial charge < -0.3 is 20.4 Å². The Kier molecular flexibility index (Phi) is 7.36. The molecule has 1 aliphatic rings. The molecule has 1 aromatic carbocycles. The zero-order valence-corrected chi connectivity index (χ0v) is 18.4. The number of nitrogens with zero attached hydrogens (tertiary/aromatic N) is 3. The minimum absolute atomic E-state index is 0.0769. The third-order valence-electron chi connectivity index (χ3n) is 5.06. The Morgan fingerprint density at radius 3 is 2.53 bits per heavy atom. The highest BCUT2D eigenvalue weighted by Crippen LogP contribution is 2.40. The zero-order valence-electron chi connectivity index (χ0n) is 17.6. The number of methoxy groups -OCH3 is 1. The fourth-order valence-electron chi connectivity index (χ4n) is 3.27. The quantitative estimate of drug-likeness (QED) is 0.529. The molecule has 0 aliphatic heterocycles. The first-order valence-corrected chi connectivity index (χ1v) is 11.1. The number of ether oxygens (including phenoxy) is 1. The Labute approximate surface area is 181 Å². The van der Waals surface area contributed by atoms with Gasteiger partial charge in [0.1, 0.15) is 11.6 Å². The van der Waals surface area contributed by atoms with Crippen molar-refractivity contribution in [3.05, 3.63) is 35.7 Å². The monoisotopic (exact) mass is 431 g/mol. The van der Waals surface area contributed by atoms with Crippen LogP contribution in [0.3, 0.4) is 0 Å². The lowest BCUT2D eigenvalue weighted by molar-refractivity contribution is -0.120. The summed E-state index contributed by atoms with van der Waals surface area (Å²) in [6.07, 6.45) is 2.39. The molecule has 9 heteroatoms. The molecule has 8 nitrogen and oxygen atoms in total. The number of aromatic nitrogens is 3. The Bertz CT molecular complexity index is 877. The molecule has 3 rings (SSSR count). The smallest absolute Gasteiger partial charge is 0.230 e. The largest absolute Gasteiger partial charge is 0.497 e. The van der Waals surface area contributed by atoms with Crippen LogP contribution >= 0.6 is 11.8 Å². The molecule has 1 unspecified atom stereocenters. The molecule has 162 valence electrons. The first-order valence-electron chi connectivity index (χ1n) is 10.2. The number of nitrogens with one attached hydrogen (secondary N) is 1. The fraction of sp³-hybridized carbons (Fsp3) is 0.524. The number of carbonyl (C=O) groups excluding carboxylic acids is 2. The topological polar surface area (TPSA) is 112 Å². The molecule has 0 radical (unpaired) electrons. The molecule has 1 aliphatic carbocycles. The van der Waals surface area contributed by atoms with Crippen molar-refractivity contribution >= 4 is 23.6 Å². The molecule has 1 saturated carbocycles. The van der Waals surface area contributed by atoms with E-state index in [1.54, 1.807) is 7.11 Å². The maximum atomic E-state index is 12.7. The highest BCUT2D eigenvalue weighted by atomic mass is 32.2. The Balaban J connectivity index is 1.63. The molecular formula is C21H29N5O3S. The van der Waals surface area contributed by atoms with E-state index < -0.39 is 0 Å².